The lowest BCUT2D eigenvalue weighted by Gasteiger charge is -2.29. The number of fused-ring (bicyclic) bond motifs is 1. The van der Waals surface area contributed by atoms with Crippen molar-refractivity contribution in [1.82, 2.24) is 0 Å². The van der Waals surface area contributed by atoms with Gasteiger partial charge in [0.25, 0.3) is 5.91 Å². The van der Waals surface area contributed by atoms with Crippen LogP contribution in [0.5, 0.6) is 5.75 Å². The van der Waals surface area contributed by atoms with Crippen LogP contribution in [0.15, 0.2) is 71.2 Å². The van der Waals surface area contributed by atoms with Gasteiger partial charge < -0.3 is 5.11 Å². The normalized spacial score (nSPS) is 22.5. The molecule has 3 atom stereocenters. The van der Waals surface area contributed by atoms with Crippen LogP contribution in [-0.2, 0) is 14.4 Å². The minimum absolute atomic E-state index is 0.0148. The summed E-state index contributed by atoms with van der Waals surface area (Å²) in [6.07, 6.45) is -1.02. The first-order valence-electron chi connectivity index (χ1n) is 10.0. The number of phenolic OH excluding ortho intramolecular Hbond substituents is 1. The number of hydrogen-bond donors (Lipinski definition) is 1. The Hall–Kier alpha value is -2.87. The fourth-order valence-electron chi connectivity index (χ4n) is 4.37. The van der Waals surface area contributed by atoms with Gasteiger partial charge in [-0.15, -0.1) is 0 Å². The van der Waals surface area contributed by atoms with Crippen LogP contribution >= 0.6 is 27.5 Å². The predicted octanol–water partition coefficient (Wildman–Crippen LogP) is 5.17. The molecule has 0 saturated carbocycles. The second-order valence-electron chi connectivity index (χ2n) is 7.76. The lowest BCUT2D eigenvalue weighted by atomic mass is 9.90. The van der Waals surface area contributed by atoms with E-state index < -0.39 is 29.9 Å². The number of nitrogens with zero attached hydrogens (tertiary/aromatic N) is 2. The van der Waals surface area contributed by atoms with Gasteiger partial charge in [0, 0.05) is 15.1 Å². The van der Waals surface area contributed by atoms with E-state index in [0.717, 1.165) is 9.37 Å². The number of phenols is 1. The van der Waals surface area contributed by atoms with Gasteiger partial charge in [0.05, 0.1) is 17.4 Å². The number of benzene rings is 3. The molecule has 2 heterocycles. The molecule has 3 aromatic rings. The van der Waals surface area contributed by atoms with Crippen LogP contribution in [0.3, 0.4) is 0 Å². The number of imide groups is 1. The standard InChI is InChI=1S/C24H18BrClN2O4/c1-13-17(26)8-5-9-18(13)27-23(30)20-21(16-12-14(25)10-11-19(16)29)28(32-22(20)24(27)31)15-6-3-2-4-7-15/h2-12,20-22,29H,1H3/t20-,21+,22+/m1/s1. The predicted molar refractivity (Wildman–Crippen MR) is 125 cm³/mol. The van der Waals surface area contributed by atoms with Crippen molar-refractivity contribution in [3.8, 4) is 5.75 Å². The number of aromatic hydroxyl groups is 1. The molecule has 0 bridgehead atoms. The zero-order chi connectivity index (χ0) is 22.6. The highest BCUT2D eigenvalue weighted by molar-refractivity contribution is 9.10. The van der Waals surface area contributed by atoms with E-state index in [2.05, 4.69) is 15.9 Å². The monoisotopic (exact) mass is 512 g/mol. The second kappa shape index (κ2) is 7.92. The summed E-state index contributed by atoms with van der Waals surface area (Å²) in [5.41, 5.74) is 2.24. The number of anilines is 2. The maximum Gasteiger partial charge on any atom is 0.266 e. The second-order valence-corrected chi connectivity index (χ2v) is 9.08. The third kappa shape index (κ3) is 3.20. The fourth-order valence-corrected chi connectivity index (χ4v) is 4.92. The van der Waals surface area contributed by atoms with Crippen molar-refractivity contribution in [2.75, 3.05) is 9.96 Å². The molecule has 2 saturated heterocycles. The van der Waals surface area contributed by atoms with E-state index in [9.17, 15) is 14.7 Å². The van der Waals surface area contributed by atoms with Gasteiger partial charge in [0.15, 0.2) is 6.10 Å². The summed E-state index contributed by atoms with van der Waals surface area (Å²) in [4.78, 5) is 34.3. The fraction of sp³-hybridized carbons (Fsp3) is 0.167. The molecule has 2 aliphatic heterocycles. The highest BCUT2D eigenvalue weighted by Crippen LogP contribution is 2.50. The van der Waals surface area contributed by atoms with Crippen molar-refractivity contribution in [3.63, 3.8) is 0 Å². The molecule has 32 heavy (non-hydrogen) atoms. The van der Waals surface area contributed by atoms with E-state index >= 15 is 0 Å². The first-order valence-corrected chi connectivity index (χ1v) is 11.2. The maximum atomic E-state index is 13.7. The molecule has 2 amide bonds. The Morgan fingerprint density at radius 2 is 1.75 bits per heavy atom. The number of carbonyl (C=O) groups excluding carboxylic acids is 2. The summed E-state index contributed by atoms with van der Waals surface area (Å²) < 4.78 is 0.737. The Bertz CT molecular complexity index is 1240. The Kier molecular flexibility index (Phi) is 5.20. The summed E-state index contributed by atoms with van der Waals surface area (Å²) in [5, 5.41) is 12.7. The highest BCUT2D eigenvalue weighted by Gasteiger charge is 2.61. The Morgan fingerprint density at radius 3 is 2.50 bits per heavy atom. The third-order valence-corrected chi connectivity index (χ3v) is 6.82. The van der Waals surface area contributed by atoms with Crippen LogP contribution < -0.4 is 9.96 Å². The van der Waals surface area contributed by atoms with Gasteiger partial charge in [-0.2, -0.15) is 0 Å². The van der Waals surface area contributed by atoms with E-state index in [1.165, 1.54) is 0 Å². The van der Waals surface area contributed by atoms with Crippen LogP contribution in [0.1, 0.15) is 17.2 Å². The molecular weight excluding hydrogens is 496 g/mol. The number of halogens is 2. The Balaban J connectivity index is 1.64. The smallest absolute Gasteiger partial charge is 0.266 e. The molecule has 0 spiro atoms. The van der Waals surface area contributed by atoms with Crippen molar-refractivity contribution < 1.29 is 19.5 Å². The number of rotatable bonds is 3. The van der Waals surface area contributed by atoms with Gasteiger partial charge in [-0.05, 0) is 55.0 Å². The molecule has 2 fully saturated rings. The number of carbonyl (C=O) groups is 2. The molecule has 162 valence electrons. The van der Waals surface area contributed by atoms with Crippen LogP contribution in [0.2, 0.25) is 5.02 Å². The summed E-state index contributed by atoms with van der Waals surface area (Å²) in [5.74, 6) is -1.68. The molecule has 3 aromatic carbocycles. The SMILES string of the molecule is Cc1c(Cl)cccc1N1C(=O)[C@H]2[C@H](ON(c3ccccc3)[C@H]2c2cc(Br)ccc2O)C1=O. The van der Waals surface area contributed by atoms with E-state index in [1.807, 2.05) is 30.3 Å². The average Bonchev–Trinajstić information content (AvgIpc) is 3.29. The van der Waals surface area contributed by atoms with E-state index in [0.29, 0.717) is 27.5 Å². The average molecular weight is 514 g/mol. The molecule has 0 aliphatic carbocycles. The van der Waals surface area contributed by atoms with E-state index in [4.69, 9.17) is 16.4 Å². The summed E-state index contributed by atoms with van der Waals surface area (Å²) in [6, 6.07) is 18.6. The molecule has 1 N–H and O–H groups in total. The number of amides is 2. The van der Waals surface area contributed by atoms with Gasteiger partial charge in [0.2, 0.25) is 5.91 Å². The quantitative estimate of drug-likeness (QED) is 0.490. The summed E-state index contributed by atoms with van der Waals surface area (Å²) in [7, 11) is 0. The van der Waals surface area contributed by atoms with Crippen LogP contribution in [0.4, 0.5) is 11.4 Å². The lowest BCUT2D eigenvalue weighted by molar-refractivity contribution is -0.126. The molecule has 6 nitrogen and oxygen atoms in total. The van der Waals surface area contributed by atoms with Gasteiger partial charge in [0.1, 0.15) is 11.7 Å². The topological polar surface area (TPSA) is 70.1 Å². The Labute approximate surface area is 198 Å². The largest absolute Gasteiger partial charge is 0.508 e. The molecular formula is C24H18BrClN2O4. The van der Waals surface area contributed by atoms with Gasteiger partial charge in [-0.1, -0.05) is 51.8 Å². The van der Waals surface area contributed by atoms with Gasteiger partial charge >= 0.3 is 0 Å². The molecule has 0 unspecified atom stereocenters. The molecule has 0 radical (unpaired) electrons. The summed E-state index contributed by atoms with van der Waals surface area (Å²) in [6.45, 7) is 1.76. The van der Waals surface area contributed by atoms with Crippen molar-refractivity contribution >= 4 is 50.7 Å². The first-order chi connectivity index (χ1) is 15.4. The van der Waals surface area contributed by atoms with Crippen molar-refractivity contribution in [1.29, 1.82) is 0 Å². The number of hydrogen-bond acceptors (Lipinski definition) is 5. The highest BCUT2D eigenvalue weighted by atomic mass is 79.9. The minimum Gasteiger partial charge on any atom is -0.508 e. The number of hydroxylamine groups is 1. The van der Waals surface area contributed by atoms with Crippen LogP contribution in [0.25, 0.3) is 0 Å². The minimum atomic E-state index is -1.02. The van der Waals surface area contributed by atoms with Gasteiger partial charge in [-0.25, -0.2) is 9.96 Å². The molecule has 2 aliphatic rings. The van der Waals surface area contributed by atoms with Crippen LogP contribution in [-0.4, -0.2) is 23.0 Å². The first kappa shape index (κ1) is 21.0. The van der Waals surface area contributed by atoms with Crippen molar-refractivity contribution in [2.24, 2.45) is 5.92 Å². The Morgan fingerprint density at radius 1 is 1.00 bits per heavy atom. The van der Waals surface area contributed by atoms with E-state index in [-0.39, 0.29) is 5.75 Å². The lowest BCUT2D eigenvalue weighted by Crippen LogP contribution is -2.37. The zero-order valence-electron chi connectivity index (χ0n) is 16.9. The van der Waals surface area contributed by atoms with E-state index in [1.54, 1.807) is 48.4 Å². The third-order valence-electron chi connectivity index (χ3n) is 5.91. The number of para-hydroxylation sites is 1. The molecule has 5 rings (SSSR count). The summed E-state index contributed by atoms with van der Waals surface area (Å²) >= 11 is 9.69. The van der Waals surface area contributed by atoms with Crippen molar-refractivity contribution in [3.05, 3.63) is 87.4 Å². The van der Waals surface area contributed by atoms with Gasteiger partial charge in [-0.3, -0.25) is 14.4 Å². The molecule has 0 aromatic heterocycles. The maximum absolute atomic E-state index is 13.7. The van der Waals surface area contributed by atoms with Crippen molar-refractivity contribution in [2.45, 2.75) is 19.1 Å². The zero-order valence-corrected chi connectivity index (χ0v) is 19.2. The molecule has 8 heteroatoms. The van der Waals surface area contributed by atoms with Crippen LogP contribution in [0, 0.1) is 12.8 Å².